The van der Waals surface area contributed by atoms with Gasteiger partial charge < -0.3 is 14.5 Å². The molecule has 0 saturated heterocycles. The van der Waals surface area contributed by atoms with Gasteiger partial charge in [-0.05, 0) is 42.3 Å². The lowest BCUT2D eigenvalue weighted by molar-refractivity contribution is -0.118. The van der Waals surface area contributed by atoms with E-state index in [-0.39, 0.29) is 17.9 Å². The summed E-state index contributed by atoms with van der Waals surface area (Å²) < 4.78 is 11.2. The molecule has 150 valence electrons. The molecule has 0 aliphatic rings. The van der Waals surface area contributed by atoms with E-state index in [4.69, 9.17) is 20.8 Å². The first-order chi connectivity index (χ1) is 14.5. The van der Waals surface area contributed by atoms with Gasteiger partial charge in [-0.25, -0.2) is 0 Å². The van der Waals surface area contributed by atoms with Crippen LogP contribution >= 0.6 is 11.6 Å². The van der Waals surface area contributed by atoms with Crippen LogP contribution in [0.25, 0.3) is 22.1 Å². The van der Waals surface area contributed by atoms with Crippen LogP contribution < -0.4 is 15.5 Å². The number of carbonyl (C=O) groups excluding carboxylic acids is 1. The Morgan fingerprint density at radius 1 is 1.07 bits per heavy atom. The summed E-state index contributed by atoms with van der Waals surface area (Å²) in [5.41, 5.74) is 2.98. The van der Waals surface area contributed by atoms with Gasteiger partial charge in [0.15, 0.2) is 12.0 Å². The summed E-state index contributed by atoms with van der Waals surface area (Å²) in [7, 11) is 0. The van der Waals surface area contributed by atoms with E-state index in [2.05, 4.69) is 5.32 Å². The molecule has 0 aliphatic carbocycles. The minimum atomic E-state index is -0.318. The Morgan fingerprint density at radius 2 is 1.87 bits per heavy atom. The maximum Gasteiger partial charge on any atom is 0.262 e. The largest absolute Gasteiger partial charge is 0.484 e. The Labute approximate surface area is 177 Å². The molecule has 4 aromatic rings. The van der Waals surface area contributed by atoms with Crippen molar-refractivity contribution in [1.29, 1.82) is 0 Å². The van der Waals surface area contributed by atoms with Crippen LogP contribution in [0.4, 0.5) is 5.69 Å². The van der Waals surface area contributed by atoms with E-state index >= 15 is 0 Å². The highest BCUT2D eigenvalue weighted by Gasteiger charge is 2.11. The van der Waals surface area contributed by atoms with Crippen LogP contribution in [0, 0.1) is 6.92 Å². The lowest BCUT2D eigenvalue weighted by atomic mass is 10.1. The zero-order chi connectivity index (χ0) is 21.1. The van der Waals surface area contributed by atoms with E-state index in [1.165, 1.54) is 6.26 Å². The van der Waals surface area contributed by atoms with Crippen LogP contribution in [0.15, 0.2) is 82.2 Å². The summed E-state index contributed by atoms with van der Waals surface area (Å²) in [6, 6.07) is 19.5. The number of rotatable bonds is 5. The lowest BCUT2D eigenvalue weighted by Crippen LogP contribution is -2.20. The number of anilines is 1. The monoisotopic (exact) mass is 419 g/mol. The van der Waals surface area contributed by atoms with Gasteiger partial charge in [0.1, 0.15) is 17.6 Å². The first-order valence-corrected chi connectivity index (χ1v) is 9.69. The van der Waals surface area contributed by atoms with E-state index in [1.807, 2.05) is 37.3 Å². The van der Waals surface area contributed by atoms with E-state index in [9.17, 15) is 9.59 Å². The molecule has 0 bridgehead atoms. The van der Waals surface area contributed by atoms with Gasteiger partial charge in [-0.1, -0.05) is 48.0 Å². The Bertz CT molecular complexity index is 1280. The maximum absolute atomic E-state index is 12.8. The highest BCUT2D eigenvalue weighted by atomic mass is 35.5. The second-order valence-corrected chi connectivity index (χ2v) is 7.16. The maximum atomic E-state index is 12.8. The molecule has 1 N–H and O–H groups in total. The Kier molecular flexibility index (Phi) is 5.55. The first kappa shape index (κ1) is 19.7. The van der Waals surface area contributed by atoms with Crippen molar-refractivity contribution in [2.24, 2.45) is 0 Å². The molecule has 0 fully saturated rings. The van der Waals surface area contributed by atoms with Crippen molar-refractivity contribution in [2.75, 3.05) is 11.9 Å². The van der Waals surface area contributed by atoms with Gasteiger partial charge in [0.25, 0.3) is 5.91 Å². The van der Waals surface area contributed by atoms with Crippen molar-refractivity contribution < 1.29 is 13.9 Å². The van der Waals surface area contributed by atoms with E-state index in [0.717, 1.165) is 11.1 Å². The Morgan fingerprint density at radius 3 is 2.67 bits per heavy atom. The number of fused-ring (bicyclic) bond motifs is 1. The number of amides is 1. The molecule has 1 aromatic heterocycles. The molecule has 1 heterocycles. The molecule has 4 rings (SSSR count). The van der Waals surface area contributed by atoms with Gasteiger partial charge in [0.2, 0.25) is 0 Å². The number of nitrogens with one attached hydrogen (secondary N) is 1. The third-order valence-electron chi connectivity index (χ3n) is 4.74. The minimum Gasteiger partial charge on any atom is -0.484 e. The van der Waals surface area contributed by atoms with E-state index in [0.29, 0.717) is 33.0 Å². The van der Waals surface area contributed by atoms with Gasteiger partial charge in [-0.2, -0.15) is 0 Å². The normalized spacial score (nSPS) is 10.7. The predicted molar refractivity (Wildman–Crippen MR) is 118 cm³/mol. The molecule has 30 heavy (non-hydrogen) atoms. The Balaban J connectivity index is 1.49. The molecule has 6 heteroatoms. The second-order valence-electron chi connectivity index (χ2n) is 6.75. The van der Waals surface area contributed by atoms with Gasteiger partial charge in [0, 0.05) is 16.8 Å². The highest BCUT2D eigenvalue weighted by Crippen LogP contribution is 2.24. The summed E-state index contributed by atoms with van der Waals surface area (Å²) in [5.74, 6) is 0.109. The third kappa shape index (κ3) is 4.07. The topological polar surface area (TPSA) is 68.5 Å². The lowest BCUT2D eigenvalue weighted by Gasteiger charge is -2.11. The van der Waals surface area contributed by atoms with Gasteiger partial charge in [0.05, 0.1) is 10.9 Å². The molecule has 1 amide bonds. The van der Waals surface area contributed by atoms with E-state index < -0.39 is 0 Å². The molecule has 0 unspecified atom stereocenters. The van der Waals surface area contributed by atoms with Gasteiger partial charge in [-0.3, -0.25) is 9.59 Å². The minimum absolute atomic E-state index is 0.122. The van der Waals surface area contributed by atoms with Crippen molar-refractivity contribution in [3.8, 4) is 16.9 Å². The number of benzene rings is 3. The second kappa shape index (κ2) is 8.43. The van der Waals surface area contributed by atoms with Crippen molar-refractivity contribution in [3.63, 3.8) is 0 Å². The first-order valence-electron chi connectivity index (χ1n) is 9.31. The van der Waals surface area contributed by atoms with Crippen molar-refractivity contribution >= 4 is 34.2 Å². The predicted octanol–water partition coefficient (Wildman–Crippen LogP) is 5.44. The summed E-state index contributed by atoms with van der Waals surface area (Å²) >= 11 is 6.07. The SMILES string of the molecule is Cc1c(Cl)cccc1NC(=O)COc1ccc2c(=O)c(-c3ccccc3)coc2c1. The molecule has 0 spiro atoms. The van der Waals surface area contributed by atoms with Crippen molar-refractivity contribution in [2.45, 2.75) is 6.92 Å². The number of carbonyl (C=O) groups is 1. The summed E-state index contributed by atoms with van der Waals surface area (Å²) in [6.45, 7) is 1.64. The molecular weight excluding hydrogens is 402 g/mol. The molecular formula is C24H18ClNO4. The summed E-state index contributed by atoms with van der Waals surface area (Å²) in [6.07, 6.45) is 1.44. The molecule has 3 aromatic carbocycles. The van der Waals surface area contributed by atoms with Crippen LogP contribution in [0.3, 0.4) is 0 Å². The molecule has 0 aliphatic heterocycles. The fourth-order valence-corrected chi connectivity index (χ4v) is 3.27. The highest BCUT2D eigenvalue weighted by molar-refractivity contribution is 6.31. The number of hydrogen-bond donors (Lipinski definition) is 1. The van der Waals surface area contributed by atoms with Gasteiger partial charge >= 0.3 is 0 Å². The summed E-state index contributed by atoms with van der Waals surface area (Å²) in [4.78, 5) is 25.0. The number of ether oxygens (including phenoxy) is 1. The van der Waals surface area contributed by atoms with Crippen LogP contribution in [-0.2, 0) is 4.79 Å². The quantitative estimate of drug-likeness (QED) is 0.467. The van der Waals surface area contributed by atoms with Gasteiger partial charge in [-0.15, -0.1) is 0 Å². The average molecular weight is 420 g/mol. The summed E-state index contributed by atoms with van der Waals surface area (Å²) in [5, 5.41) is 3.80. The number of halogens is 1. The average Bonchev–Trinajstić information content (AvgIpc) is 2.76. The van der Waals surface area contributed by atoms with E-state index in [1.54, 1.807) is 36.4 Å². The number of hydrogen-bond acceptors (Lipinski definition) is 4. The molecule has 0 saturated carbocycles. The smallest absolute Gasteiger partial charge is 0.262 e. The molecule has 0 atom stereocenters. The van der Waals surface area contributed by atoms with Crippen molar-refractivity contribution in [3.05, 3.63) is 93.8 Å². The zero-order valence-electron chi connectivity index (χ0n) is 16.1. The third-order valence-corrected chi connectivity index (χ3v) is 5.15. The standard InChI is InChI=1S/C24H18ClNO4/c1-15-20(25)8-5-9-21(15)26-23(27)14-29-17-10-11-18-22(12-17)30-13-19(24(18)28)16-6-3-2-4-7-16/h2-13H,14H2,1H3,(H,26,27). The fraction of sp³-hybridized carbons (Fsp3) is 0.0833. The Hall–Kier alpha value is -3.57. The van der Waals surface area contributed by atoms with Crippen molar-refractivity contribution in [1.82, 2.24) is 0 Å². The molecule has 5 nitrogen and oxygen atoms in total. The molecule has 0 radical (unpaired) electrons. The van der Waals surface area contributed by atoms with Crippen LogP contribution in [-0.4, -0.2) is 12.5 Å². The van der Waals surface area contributed by atoms with Crippen LogP contribution in [0.1, 0.15) is 5.56 Å². The van der Waals surface area contributed by atoms with Crippen LogP contribution in [0.5, 0.6) is 5.75 Å². The zero-order valence-corrected chi connectivity index (χ0v) is 16.9. The van der Waals surface area contributed by atoms with Crippen LogP contribution in [0.2, 0.25) is 5.02 Å². The fourth-order valence-electron chi connectivity index (χ4n) is 3.09.